The number of nitrogens with zero attached hydrogens (tertiary/aromatic N) is 2. The maximum absolute atomic E-state index is 13.2. The maximum atomic E-state index is 13.2. The summed E-state index contributed by atoms with van der Waals surface area (Å²) in [6.45, 7) is 7.02. The summed E-state index contributed by atoms with van der Waals surface area (Å²) in [5.41, 5.74) is 1.91. The van der Waals surface area contributed by atoms with E-state index in [-0.39, 0.29) is 25.1 Å². The molecule has 4 aromatic rings. The SMILES string of the molecule is CCOC(=O)c1c(NC(=O)Cn2cnc3sc(C(=O)OCc4ccccc4)c(C)c3c2=O)sc(C)c1C. The lowest BCUT2D eigenvalue weighted by Gasteiger charge is -2.08. The van der Waals surface area contributed by atoms with E-state index in [9.17, 15) is 19.2 Å². The molecule has 0 fully saturated rings. The normalized spacial score (nSPS) is 10.9. The van der Waals surface area contributed by atoms with Gasteiger partial charge in [0, 0.05) is 4.88 Å². The third-order valence-corrected chi connectivity index (χ3v) is 8.05. The van der Waals surface area contributed by atoms with Crippen LogP contribution in [0.2, 0.25) is 0 Å². The van der Waals surface area contributed by atoms with Gasteiger partial charge in [-0.1, -0.05) is 30.3 Å². The first-order valence-electron chi connectivity index (χ1n) is 11.5. The number of anilines is 1. The first kappa shape index (κ1) is 26.2. The van der Waals surface area contributed by atoms with E-state index in [1.807, 2.05) is 37.3 Å². The van der Waals surface area contributed by atoms with Crippen LogP contribution >= 0.6 is 22.7 Å². The summed E-state index contributed by atoms with van der Waals surface area (Å²) in [6, 6.07) is 9.29. The lowest BCUT2D eigenvalue weighted by molar-refractivity contribution is -0.116. The number of hydrogen-bond donors (Lipinski definition) is 1. The molecule has 1 amide bonds. The molecule has 0 saturated heterocycles. The van der Waals surface area contributed by atoms with Gasteiger partial charge in [-0.2, -0.15) is 0 Å². The maximum Gasteiger partial charge on any atom is 0.349 e. The van der Waals surface area contributed by atoms with Crippen LogP contribution in [0.15, 0.2) is 41.5 Å². The highest BCUT2D eigenvalue weighted by molar-refractivity contribution is 7.20. The van der Waals surface area contributed by atoms with Crippen molar-refractivity contribution in [3.8, 4) is 0 Å². The van der Waals surface area contributed by atoms with Crippen LogP contribution < -0.4 is 10.9 Å². The zero-order chi connectivity index (χ0) is 26.7. The Morgan fingerprint density at radius 3 is 2.43 bits per heavy atom. The summed E-state index contributed by atoms with van der Waals surface area (Å²) < 4.78 is 11.7. The second-order valence-electron chi connectivity index (χ2n) is 8.23. The van der Waals surface area contributed by atoms with E-state index in [2.05, 4.69) is 10.3 Å². The van der Waals surface area contributed by atoms with Gasteiger partial charge >= 0.3 is 11.9 Å². The number of nitrogens with one attached hydrogen (secondary N) is 1. The van der Waals surface area contributed by atoms with Gasteiger partial charge in [0.15, 0.2) is 0 Å². The molecule has 0 saturated carbocycles. The quantitative estimate of drug-likeness (QED) is 0.325. The summed E-state index contributed by atoms with van der Waals surface area (Å²) in [5.74, 6) is -1.55. The van der Waals surface area contributed by atoms with Crippen LogP contribution in [0.1, 0.15) is 48.5 Å². The number of fused-ring (bicyclic) bond motifs is 1. The molecule has 0 spiro atoms. The second-order valence-corrected chi connectivity index (χ2v) is 10.5. The topological polar surface area (TPSA) is 117 Å². The molecule has 4 rings (SSSR count). The summed E-state index contributed by atoms with van der Waals surface area (Å²) in [5, 5.41) is 3.36. The number of carbonyl (C=O) groups excluding carboxylic acids is 3. The number of rotatable bonds is 8. The van der Waals surface area contributed by atoms with Crippen molar-refractivity contribution in [2.75, 3.05) is 11.9 Å². The highest BCUT2D eigenvalue weighted by Crippen LogP contribution is 2.33. The predicted octanol–water partition coefficient (Wildman–Crippen LogP) is 4.62. The van der Waals surface area contributed by atoms with Crippen LogP contribution in [0.4, 0.5) is 5.00 Å². The van der Waals surface area contributed by atoms with Crippen molar-refractivity contribution in [2.45, 2.75) is 40.8 Å². The Labute approximate surface area is 220 Å². The minimum absolute atomic E-state index is 0.112. The van der Waals surface area contributed by atoms with Gasteiger partial charge in [0.05, 0.1) is 23.9 Å². The Kier molecular flexibility index (Phi) is 7.84. The number of aromatic nitrogens is 2. The molecule has 0 aliphatic rings. The Bertz CT molecular complexity index is 1550. The number of thiophene rings is 2. The van der Waals surface area contributed by atoms with Crippen LogP contribution in [0.25, 0.3) is 10.2 Å². The van der Waals surface area contributed by atoms with Gasteiger partial charge < -0.3 is 14.8 Å². The molecule has 1 aromatic carbocycles. The third-order valence-electron chi connectivity index (χ3n) is 5.75. The fourth-order valence-corrected chi connectivity index (χ4v) is 5.84. The molecule has 3 aromatic heterocycles. The highest BCUT2D eigenvalue weighted by Gasteiger charge is 2.24. The van der Waals surface area contributed by atoms with E-state index >= 15 is 0 Å². The number of esters is 2. The Morgan fingerprint density at radius 1 is 1.00 bits per heavy atom. The minimum atomic E-state index is -0.539. The molecule has 0 radical (unpaired) electrons. The molecule has 3 heterocycles. The van der Waals surface area contributed by atoms with Gasteiger partial charge in [-0.3, -0.25) is 14.2 Å². The van der Waals surface area contributed by atoms with Crippen LogP contribution in [0, 0.1) is 20.8 Å². The number of benzene rings is 1. The van der Waals surface area contributed by atoms with E-state index in [0.717, 1.165) is 27.3 Å². The highest BCUT2D eigenvalue weighted by atomic mass is 32.1. The number of ether oxygens (including phenoxy) is 2. The van der Waals surface area contributed by atoms with E-state index < -0.39 is 23.4 Å². The molecule has 1 N–H and O–H groups in total. The van der Waals surface area contributed by atoms with Gasteiger partial charge in [-0.25, -0.2) is 14.6 Å². The van der Waals surface area contributed by atoms with Gasteiger partial charge in [0.1, 0.15) is 27.9 Å². The van der Waals surface area contributed by atoms with Gasteiger partial charge in [0.2, 0.25) is 5.91 Å². The standard InChI is InChI=1S/C26H25N3O6S2/c1-5-34-25(32)20-14(2)16(4)36-23(20)28-18(30)11-29-13-27-22-19(24(29)31)15(3)21(37-22)26(33)35-12-17-9-7-6-8-10-17/h6-10,13H,5,11-12H2,1-4H3,(H,28,30). The lowest BCUT2D eigenvalue weighted by Crippen LogP contribution is -2.28. The van der Waals surface area contributed by atoms with Crippen molar-refractivity contribution in [3.63, 3.8) is 0 Å². The van der Waals surface area contributed by atoms with Crippen molar-refractivity contribution >= 4 is 55.7 Å². The van der Waals surface area contributed by atoms with E-state index in [1.54, 1.807) is 20.8 Å². The molecular weight excluding hydrogens is 514 g/mol. The summed E-state index contributed by atoms with van der Waals surface area (Å²) in [7, 11) is 0. The molecule has 0 unspecified atom stereocenters. The number of hydrogen-bond acceptors (Lipinski definition) is 9. The molecule has 9 nitrogen and oxygen atoms in total. The Morgan fingerprint density at radius 2 is 1.73 bits per heavy atom. The summed E-state index contributed by atoms with van der Waals surface area (Å²) in [6.07, 6.45) is 1.27. The fourth-order valence-electron chi connectivity index (χ4n) is 3.74. The lowest BCUT2D eigenvalue weighted by atomic mass is 10.1. The Balaban J connectivity index is 1.54. The van der Waals surface area contributed by atoms with Crippen molar-refractivity contribution in [2.24, 2.45) is 0 Å². The monoisotopic (exact) mass is 539 g/mol. The van der Waals surface area contributed by atoms with E-state index in [4.69, 9.17) is 9.47 Å². The largest absolute Gasteiger partial charge is 0.462 e. The summed E-state index contributed by atoms with van der Waals surface area (Å²) in [4.78, 5) is 57.0. The number of aryl methyl sites for hydroxylation is 2. The zero-order valence-corrected chi connectivity index (χ0v) is 22.4. The van der Waals surface area contributed by atoms with Gasteiger partial charge in [-0.05, 0) is 44.4 Å². The average molecular weight is 540 g/mol. The first-order valence-corrected chi connectivity index (χ1v) is 13.1. The molecule has 11 heteroatoms. The Hall–Kier alpha value is -3.83. The molecule has 0 atom stereocenters. The molecule has 0 aliphatic heterocycles. The van der Waals surface area contributed by atoms with Crippen LogP contribution in [0.3, 0.4) is 0 Å². The smallest absolute Gasteiger partial charge is 0.349 e. The third kappa shape index (κ3) is 5.47. The van der Waals surface area contributed by atoms with E-state index in [0.29, 0.717) is 25.8 Å². The minimum Gasteiger partial charge on any atom is -0.462 e. The second kappa shape index (κ2) is 11.1. The van der Waals surface area contributed by atoms with Crippen LogP contribution in [0.5, 0.6) is 0 Å². The first-order chi connectivity index (χ1) is 17.7. The van der Waals surface area contributed by atoms with Crippen LogP contribution in [-0.2, 0) is 27.4 Å². The van der Waals surface area contributed by atoms with Crippen molar-refractivity contribution < 1.29 is 23.9 Å². The molecule has 37 heavy (non-hydrogen) atoms. The molecule has 0 aliphatic carbocycles. The predicted molar refractivity (Wildman–Crippen MR) is 143 cm³/mol. The molecule has 192 valence electrons. The van der Waals surface area contributed by atoms with Gasteiger partial charge in [-0.15, -0.1) is 22.7 Å². The van der Waals surface area contributed by atoms with Crippen molar-refractivity contribution in [1.29, 1.82) is 0 Å². The zero-order valence-electron chi connectivity index (χ0n) is 20.7. The van der Waals surface area contributed by atoms with Crippen molar-refractivity contribution in [1.82, 2.24) is 9.55 Å². The van der Waals surface area contributed by atoms with Crippen LogP contribution in [-0.4, -0.2) is 34.0 Å². The average Bonchev–Trinajstić information content (AvgIpc) is 3.35. The van der Waals surface area contributed by atoms with E-state index in [1.165, 1.54) is 22.2 Å². The number of carbonyl (C=O) groups is 3. The van der Waals surface area contributed by atoms with Gasteiger partial charge in [0.25, 0.3) is 5.56 Å². The van der Waals surface area contributed by atoms with Crippen molar-refractivity contribution in [3.05, 3.63) is 79.0 Å². The summed E-state index contributed by atoms with van der Waals surface area (Å²) >= 11 is 2.34. The molecule has 0 bridgehead atoms. The molecular formula is C26H25N3O6S2. The fraction of sp³-hybridized carbons (Fsp3) is 0.269. The number of amides is 1.